The minimum Gasteiger partial charge on any atom is -0.444 e. The van der Waals surface area contributed by atoms with Crippen LogP contribution in [0, 0.1) is 13.8 Å². The highest BCUT2D eigenvalue weighted by atomic mass is 16.6. The van der Waals surface area contributed by atoms with Gasteiger partial charge in [-0.05, 0) is 59.6 Å². The second-order valence-corrected chi connectivity index (χ2v) is 8.62. The van der Waals surface area contributed by atoms with Crippen LogP contribution >= 0.6 is 0 Å². The SMILES string of the molecule is C=CCN(C(=O)CNC(=O)OC(C)(C)C)C(C(=O)NC(C)C)c1ccc(C)cc1C. The Hall–Kier alpha value is -2.83. The molecule has 0 radical (unpaired) electrons. The van der Waals surface area contributed by atoms with E-state index in [0.717, 1.165) is 16.7 Å². The van der Waals surface area contributed by atoms with Gasteiger partial charge in [-0.2, -0.15) is 0 Å². The van der Waals surface area contributed by atoms with Gasteiger partial charge < -0.3 is 20.3 Å². The first kappa shape index (κ1) is 25.2. The van der Waals surface area contributed by atoms with E-state index in [1.807, 2.05) is 45.9 Å². The molecule has 0 aromatic heterocycles. The molecule has 0 saturated carbocycles. The molecule has 0 fully saturated rings. The predicted octanol–water partition coefficient (Wildman–Crippen LogP) is 3.41. The van der Waals surface area contributed by atoms with Crippen molar-refractivity contribution < 1.29 is 19.1 Å². The normalized spacial score (nSPS) is 12.1. The molecule has 0 saturated heterocycles. The average Bonchev–Trinajstić information content (AvgIpc) is 2.58. The third-order valence-corrected chi connectivity index (χ3v) is 4.14. The Kier molecular flexibility index (Phi) is 9.08. The van der Waals surface area contributed by atoms with Crippen molar-refractivity contribution in [2.24, 2.45) is 0 Å². The minimum atomic E-state index is -0.848. The summed E-state index contributed by atoms with van der Waals surface area (Å²) in [5.74, 6) is -0.700. The van der Waals surface area contributed by atoms with E-state index in [-0.39, 0.29) is 25.0 Å². The fraction of sp³-hybridized carbons (Fsp3) is 0.522. The van der Waals surface area contributed by atoms with Gasteiger partial charge in [-0.25, -0.2) is 4.79 Å². The molecule has 7 nitrogen and oxygen atoms in total. The number of hydrogen-bond acceptors (Lipinski definition) is 4. The first-order chi connectivity index (χ1) is 13.9. The second kappa shape index (κ2) is 10.8. The van der Waals surface area contributed by atoms with Crippen LogP contribution in [-0.2, 0) is 14.3 Å². The zero-order chi connectivity index (χ0) is 23.1. The van der Waals surface area contributed by atoms with Crippen molar-refractivity contribution in [3.63, 3.8) is 0 Å². The zero-order valence-corrected chi connectivity index (χ0v) is 19.2. The number of hydrogen-bond donors (Lipinski definition) is 2. The Balaban J connectivity index is 3.20. The number of amides is 3. The molecule has 0 heterocycles. The lowest BCUT2D eigenvalue weighted by atomic mass is 9.96. The number of aryl methyl sites for hydroxylation is 2. The lowest BCUT2D eigenvalue weighted by Crippen LogP contribution is -2.49. The van der Waals surface area contributed by atoms with Gasteiger partial charge in [-0.3, -0.25) is 9.59 Å². The van der Waals surface area contributed by atoms with Crippen molar-refractivity contribution >= 4 is 17.9 Å². The minimum absolute atomic E-state index is 0.0914. The highest BCUT2D eigenvalue weighted by Gasteiger charge is 2.32. The summed E-state index contributed by atoms with van der Waals surface area (Å²) < 4.78 is 5.19. The molecule has 1 atom stereocenters. The van der Waals surface area contributed by atoms with Crippen LogP contribution in [0.3, 0.4) is 0 Å². The van der Waals surface area contributed by atoms with Crippen LogP contribution in [0.4, 0.5) is 4.79 Å². The Morgan fingerprint density at radius 3 is 2.33 bits per heavy atom. The number of rotatable bonds is 8. The molecule has 0 bridgehead atoms. The quantitative estimate of drug-likeness (QED) is 0.635. The molecule has 166 valence electrons. The van der Waals surface area contributed by atoms with Crippen molar-refractivity contribution in [1.29, 1.82) is 0 Å². The van der Waals surface area contributed by atoms with Gasteiger partial charge in [0.25, 0.3) is 0 Å². The average molecular weight is 418 g/mol. The predicted molar refractivity (Wildman–Crippen MR) is 118 cm³/mol. The van der Waals surface area contributed by atoms with E-state index >= 15 is 0 Å². The van der Waals surface area contributed by atoms with Crippen LogP contribution in [0.15, 0.2) is 30.9 Å². The summed E-state index contributed by atoms with van der Waals surface area (Å²) >= 11 is 0. The molecular formula is C23H35N3O4. The monoisotopic (exact) mass is 417 g/mol. The standard InChI is InChI=1S/C23H35N3O4/c1-9-12-26(19(27)14-24-22(29)30-23(6,7)8)20(21(28)25-15(2)3)18-11-10-16(4)13-17(18)5/h9-11,13,15,20H,1,12,14H2,2-8H3,(H,24,29)(H,25,28). The molecular weight excluding hydrogens is 382 g/mol. The van der Waals surface area contributed by atoms with Gasteiger partial charge in [0.15, 0.2) is 0 Å². The van der Waals surface area contributed by atoms with Crippen LogP contribution < -0.4 is 10.6 Å². The van der Waals surface area contributed by atoms with Gasteiger partial charge in [0.05, 0.1) is 0 Å². The maximum Gasteiger partial charge on any atom is 0.408 e. The number of carbonyl (C=O) groups excluding carboxylic acids is 3. The summed E-state index contributed by atoms with van der Waals surface area (Å²) in [5.41, 5.74) is 2.02. The van der Waals surface area contributed by atoms with E-state index in [9.17, 15) is 14.4 Å². The molecule has 3 amide bonds. The third kappa shape index (κ3) is 7.89. The summed E-state index contributed by atoms with van der Waals surface area (Å²) in [6.45, 7) is 16.4. The summed E-state index contributed by atoms with van der Waals surface area (Å²) in [6, 6.07) is 4.80. The molecule has 0 aliphatic rings. The Bertz CT molecular complexity index is 781. The van der Waals surface area contributed by atoms with Crippen molar-refractivity contribution in [3.05, 3.63) is 47.5 Å². The molecule has 2 N–H and O–H groups in total. The molecule has 1 rings (SSSR count). The highest BCUT2D eigenvalue weighted by Crippen LogP contribution is 2.26. The van der Waals surface area contributed by atoms with Gasteiger partial charge in [0, 0.05) is 12.6 Å². The summed E-state index contributed by atoms with van der Waals surface area (Å²) in [4.78, 5) is 39.5. The number of alkyl carbamates (subject to hydrolysis) is 1. The Morgan fingerprint density at radius 2 is 1.83 bits per heavy atom. The fourth-order valence-corrected chi connectivity index (χ4v) is 3.00. The molecule has 0 aliphatic heterocycles. The van der Waals surface area contributed by atoms with E-state index in [1.165, 1.54) is 4.90 Å². The van der Waals surface area contributed by atoms with Gasteiger partial charge in [0.1, 0.15) is 18.2 Å². The molecule has 0 spiro atoms. The zero-order valence-electron chi connectivity index (χ0n) is 19.2. The summed E-state index contributed by atoms with van der Waals surface area (Å²) in [7, 11) is 0. The van der Waals surface area contributed by atoms with Crippen LogP contribution in [0.5, 0.6) is 0 Å². The lowest BCUT2D eigenvalue weighted by Gasteiger charge is -2.32. The van der Waals surface area contributed by atoms with Crippen LogP contribution in [0.1, 0.15) is 57.4 Å². The summed E-state index contributed by atoms with van der Waals surface area (Å²) in [6.07, 6.45) is 0.869. The number of benzene rings is 1. The Labute approximate surface area is 179 Å². The number of nitrogens with zero attached hydrogens (tertiary/aromatic N) is 1. The number of ether oxygens (including phenoxy) is 1. The molecule has 0 aliphatic carbocycles. The molecule has 7 heteroatoms. The van der Waals surface area contributed by atoms with Gasteiger partial charge in [-0.15, -0.1) is 6.58 Å². The van der Waals surface area contributed by atoms with Crippen LogP contribution in [0.25, 0.3) is 0 Å². The smallest absolute Gasteiger partial charge is 0.408 e. The van der Waals surface area contributed by atoms with Gasteiger partial charge in [-0.1, -0.05) is 29.8 Å². The summed E-state index contributed by atoms with van der Waals surface area (Å²) in [5, 5.41) is 5.36. The van der Waals surface area contributed by atoms with E-state index in [0.29, 0.717) is 0 Å². The fourth-order valence-electron chi connectivity index (χ4n) is 3.00. The third-order valence-electron chi connectivity index (χ3n) is 4.14. The first-order valence-electron chi connectivity index (χ1n) is 10.1. The molecule has 1 aromatic rings. The number of carbonyl (C=O) groups is 3. The van der Waals surface area contributed by atoms with E-state index < -0.39 is 23.6 Å². The maximum absolute atomic E-state index is 13.1. The molecule has 30 heavy (non-hydrogen) atoms. The van der Waals surface area contributed by atoms with Gasteiger partial charge >= 0.3 is 6.09 Å². The first-order valence-corrected chi connectivity index (χ1v) is 10.1. The van der Waals surface area contributed by atoms with E-state index in [4.69, 9.17) is 4.74 Å². The van der Waals surface area contributed by atoms with Crippen LogP contribution in [0.2, 0.25) is 0 Å². The van der Waals surface area contributed by atoms with Gasteiger partial charge in [0.2, 0.25) is 11.8 Å². The lowest BCUT2D eigenvalue weighted by molar-refractivity contribution is -0.139. The van der Waals surface area contributed by atoms with E-state index in [1.54, 1.807) is 26.8 Å². The largest absolute Gasteiger partial charge is 0.444 e. The van der Waals surface area contributed by atoms with Crippen LogP contribution in [-0.4, -0.2) is 47.5 Å². The van der Waals surface area contributed by atoms with Crippen molar-refractivity contribution in [2.45, 2.75) is 66.2 Å². The van der Waals surface area contributed by atoms with E-state index in [2.05, 4.69) is 17.2 Å². The topological polar surface area (TPSA) is 87.7 Å². The Morgan fingerprint density at radius 1 is 1.20 bits per heavy atom. The van der Waals surface area contributed by atoms with Crippen molar-refractivity contribution in [3.8, 4) is 0 Å². The maximum atomic E-state index is 13.1. The highest BCUT2D eigenvalue weighted by molar-refractivity contribution is 5.91. The number of nitrogens with one attached hydrogen (secondary N) is 2. The molecule has 1 aromatic carbocycles. The van der Waals surface area contributed by atoms with Crippen molar-refractivity contribution in [1.82, 2.24) is 15.5 Å². The van der Waals surface area contributed by atoms with Crippen molar-refractivity contribution in [2.75, 3.05) is 13.1 Å². The molecule has 1 unspecified atom stereocenters. The second-order valence-electron chi connectivity index (χ2n) is 8.62.